The van der Waals surface area contributed by atoms with Crippen LogP contribution in [-0.2, 0) is 0 Å². The summed E-state index contributed by atoms with van der Waals surface area (Å²) in [4.78, 5) is 13.0. The second-order valence-electron chi connectivity index (χ2n) is 8.02. The normalized spacial score (nSPS) is 13.3. The number of aliphatic hydroxyl groups excluding tert-OH is 1. The van der Waals surface area contributed by atoms with Crippen LogP contribution in [0.3, 0.4) is 0 Å². The topological polar surface area (TPSA) is 66.8 Å². The number of hydrogen-bond acceptors (Lipinski definition) is 5. The second-order valence-corrected chi connectivity index (χ2v) is 9.04. The highest BCUT2D eigenvalue weighted by Gasteiger charge is 2.18. The molecule has 6 heteroatoms. The first-order valence-electron chi connectivity index (χ1n) is 8.88. The van der Waals surface area contributed by atoms with Gasteiger partial charge in [0.2, 0.25) is 0 Å². The summed E-state index contributed by atoms with van der Waals surface area (Å²) in [6, 6.07) is 6.77. The van der Waals surface area contributed by atoms with Crippen molar-refractivity contribution >= 4 is 31.5 Å². The molecule has 0 radical (unpaired) electrons. The molecule has 0 spiro atoms. The number of phenols is 1. The molecule has 3 rings (SSSR count). The van der Waals surface area contributed by atoms with Crippen LogP contribution >= 0.6 is 11.3 Å². The van der Waals surface area contributed by atoms with E-state index in [1.165, 1.54) is 11.3 Å². The van der Waals surface area contributed by atoms with Gasteiger partial charge in [0.05, 0.1) is 25.8 Å². The van der Waals surface area contributed by atoms with Gasteiger partial charge in [-0.3, -0.25) is 4.79 Å². The van der Waals surface area contributed by atoms with Crippen LogP contribution in [-0.4, -0.2) is 55.1 Å². The maximum absolute atomic E-state index is 13.0. The van der Waals surface area contributed by atoms with Crippen LogP contribution in [0.25, 0.3) is 20.2 Å². The zero-order valence-electron chi connectivity index (χ0n) is 16.4. The highest BCUT2D eigenvalue weighted by molar-refractivity contribution is 7.25. The third kappa shape index (κ3) is 3.93. The molecule has 0 saturated heterocycles. The number of fused-ring (bicyclic) bond motifs is 2. The van der Waals surface area contributed by atoms with E-state index in [0.717, 1.165) is 15.8 Å². The number of likely N-dealkylation sites (N-methyl/N-ethyl adjacent to an activating group) is 1. The molecule has 27 heavy (non-hydrogen) atoms. The van der Waals surface area contributed by atoms with Gasteiger partial charge in [-0.25, -0.2) is 0 Å². The zero-order valence-corrected chi connectivity index (χ0v) is 17.2. The lowest BCUT2D eigenvalue weighted by Crippen LogP contribution is -2.43. The summed E-state index contributed by atoms with van der Waals surface area (Å²) in [5.41, 5.74) is 1.77. The number of nitrogens with zero attached hydrogens (tertiary/aromatic N) is 1. The molecule has 2 aromatic carbocycles. The fraction of sp³-hybridized carbons (Fsp3) is 0.381. The third-order valence-electron chi connectivity index (χ3n) is 4.67. The highest BCUT2D eigenvalue weighted by atomic mass is 32.1. The van der Waals surface area contributed by atoms with Crippen molar-refractivity contribution in [2.45, 2.75) is 20.0 Å². The molecule has 1 aromatic heterocycles. The summed E-state index contributed by atoms with van der Waals surface area (Å²) in [5.74, 6) is 0.738. The van der Waals surface area contributed by atoms with Crippen LogP contribution in [0.15, 0.2) is 29.1 Å². The quantitative estimate of drug-likeness (QED) is 0.520. The Morgan fingerprint density at radius 2 is 1.81 bits per heavy atom. The molecule has 0 aliphatic heterocycles. The number of rotatable bonds is 5. The number of ether oxygens (including phenoxy) is 1. The summed E-state index contributed by atoms with van der Waals surface area (Å²) >= 11 is 1.42. The Hall–Kier alpha value is -2.15. The molecule has 1 heterocycles. The minimum atomic E-state index is -0.594. The van der Waals surface area contributed by atoms with E-state index in [1.807, 2.05) is 35.0 Å². The Kier molecular flexibility index (Phi) is 5.16. The van der Waals surface area contributed by atoms with Gasteiger partial charge in [-0.1, -0.05) is 6.07 Å². The van der Waals surface area contributed by atoms with Crippen molar-refractivity contribution in [3.05, 3.63) is 45.6 Å². The van der Waals surface area contributed by atoms with Crippen LogP contribution in [0.4, 0.5) is 0 Å². The van der Waals surface area contributed by atoms with E-state index in [1.54, 1.807) is 24.3 Å². The first-order valence-corrected chi connectivity index (χ1v) is 9.70. The Labute approximate surface area is 162 Å². The monoisotopic (exact) mass is 388 g/mol. The van der Waals surface area contributed by atoms with E-state index in [0.29, 0.717) is 32.2 Å². The second kappa shape index (κ2) is 7.11. The molecule has 0 fully saturated rings. The third-order valence-corrected chi connectivity index (χ3v) is 6.03. The van der Waals surface area contributed by atoms with Crippen LogP contribution < -0.4 is 10.2 Å². The van der Waals surface area contributed by atoms with Gasteiger partial charge < -0.3 is 19.4 Å². The molecule has 0 saturated carbocycles. The standard InChI is InChI=1S/C21H25NO4S/c1-12-13(2)20-16(9-18(12)26-11-14(23)10-22(3,4)5)19(25)15-7-6-8-17(24)21(15)27-20/h6-9,14,23H,10-11H2,1-5H3/p+1. The fourth-order valence-electron chi connectivity index (χ4n) is 3.24. The highest BCUT2D eigenvalue weighted by Crippen LogP contribution is 2.36. The summed E-state index contributed by atoms with van der Waals surface area (Å²) in [7, 11) is 6.04. The van der Waals surface area contributed by atoms with E-state index >= 15 is 0 Å². The largest absolute Gasteiger partial charge is 0.506 e. The predicted molar refractivity (Wildman–Crippen MR) is 111 cm³/mol. The van der Waals surface area contributed by atoms with Gasteiger partial charge in [-0.05, 0) is 43.2 Å². The predicted octanol–water partition coefficient (Wildman–Crippen LogP) is 3.18. The maximum Gasteiger partial charge on any atom is 0.196 e. The van der Waals surface area contributed by atoms with Crippen molar-refractivity contribution in [3.8, 4) is 11.5 Å². The van der Waals surface area contributed by atoms with Crippen molar-refractivity contribution in [2.24, 2.45) is 0 Å². The number of benzene rings is 2. The molecule has 144 valence electrons. The lowest BCUT2D eigenvalue weighted by molar-refractivity contribution is -0.873. The summed E-state index contributed by atoms with van der Waals surface area (Å²) in [6.45, 7) is 4.65. The minimum absolute atomic E-state index is 0.116. The number of aliphatic hydroxyl groups is 1. The molecule has 1 atom stereocenters. The molecule has 5 nitrogen and oxygen atoms in total. The number of phenolic OH excluding ortho intramolecular Hbond substituents is 1. The maximum atomic E-state index is 13.0. The molecule has 0 aliphatic rings. The molecule has 1 unspecified atom stereocenters. The van der Waals surface area contributed by atoms with Crippen LogP contribution in [0, 0.1) is 13.8 Å². The zero-order chi connectivity index (χ0) is 19.9. The Balaban J connectivity index is 2.06. The Morgan fingerprint density at radius 1 is 1.11 bits per heavy atom. The summed E-state index contributed by atoms with van der Waals surface area (Å²) in [6.07, 6.45) is -0.594. The Morgan fingerprint density at radius 3 is 2.48 bits per heavy atom. The van der Waals surface area contributed by atoms with Gasteiger partial charge >= 0.3 is 0 Å². The van der Waals surface area contributed by atoms with Crippen molar-refractivity contribution in [1.29, 1.82) is 0 Å². The van der Waals surface area contributed by atoms with Gasteiger partial charge in [-0.2, -0.15) is 0 Å². The fourth-order valence-corrected chi connectivity index (χ4v) is 4.46. The molecule has 0 amide bonds. The van der Waals surface area contributed by atoms with E-state index in [4.69, 9.17) is 4.74 Å². The molecule has 0 bridgehead atoms. The van der Waals surface area contributed by atoms with Crippen molar-refractivity contribution in [3.63, 3.8) is 0 Å². The van der Waals surface area contributed by atoms with Crippen LogP contribution in [0.5, 0.6) is 11.5 Å². The van der Waals surface area contributed by atoms with E-state index in [2.05, 4.69) is 0 Å². The van der Waals surface area contributed by atoms with Gasteiger partial charge in [0.15, 0.2) is 5.43 Å². The van der Waals surface area contributed by atoms with E-state index < -0.39 is 6.10 Å². The summed E-state index contributed by atoms with van der Waals surface area (Å²) < 4.78 is 7.98. The minimum Gasteiger partial charge on any atom is -0.506 e. The number of quaternary nitrogens is 1. The number of aryl methyl sites for hydroxylation is 1. The average Bonchev–Trinajstić information content (AvgIpc) is 2.57. The lowest BCUT2D eigenvalue weighted by Gasteiger charge is -2.26. The lowest BCUT2D eigenvalue weighted by atomic mass is 10.0. The van der Waals surface area contributed by atoms with Crippen LogP contribution in [0.1, 0.15) is 11.1 Å². The first kappa shape index (κ1) is 19.6. The molecular weight excluding hydrogens is 362 g/mol. The van der Waals surface area contributed by atoms with Crippen molar-refractivity contribution < 1.29 is 19.4 Å². The molecule has 0 aliphatic carbocycles. The van der Waals surface area contributed by atoms with E-state index in [9.17, 15) is 15.0 Å². The number of hydrogen-bond donors (Lipinski definition) is 2. The molecule has 2 N–H and O–H groups in total. The summed E-state index contributed by atoms with van der Waals surface area (Å²) in [5, 5.41) is 21.4. The first-order chi connectivity index (χ1) is 12.6. The van der Waals surface area contributed by atoms with Gasteiger partial charge in [0.1, 0.15) is 30.8 Å². The van der Waals surface area contributed by atoms with Crippen LogP contribution in [0.2, 0.25) is 0 Å². The average molecular weight is 389 g/mol. The molecular formula is C21H26NO4S+. The van der Waals surface area contributed by atoms with Gasteiger partial charge in [-0.15, -0.1) is 11.3 Å². The van der Waals surface area contributed by atoms with Crippen molar-refractivity contribution in [1.82, 2.24) is 0 Å². The Bertz CT molecular complexity index is 1070. The SMILES string of the molecule is Cc1c(OCC(O)C[N+](C)(C)C)cc2c(=O)c3cccc(O)c3sc2c1C. The van der Waals surface area contributed by atoms with Crippen molar-refractivity contribution in [2.75, 3.05) is 34.3 Å². The molecule has 3 aromatic rings. The van der Waals surface area contributed by atoms with Gasteiger partial charge in [0, 0.05) is 15.5 Å². The van der Waals surface area contributed by atoms with E-state index in [-0.39, 0.29) is 17.8 Å². The smallest absolute Gasteiger partial charge is 0.196 e. The van der Waals surface area contributed by atoms with Gasteiger partial charge in [0.25, 0.3) is 0 Å². The number of aromatic hydroxyl groups is 1.